The molecule has 1 heterocycles. The Morgan fingerprint density at radius 2 is 2.11 bits per heavy atom. The molecular formula is C12H13ClN4O. The molecule has 0 atom stereocenters. The quantitative estimate of drug-likeness (QED) is 0.858. The van der Waals surface area contributed by atoms with Gasteiger partial charge in [0, 0.05) is 18.6 Å². The second-order valence-corrected chi connectivity index (χ2v) is 4.19. The maximum Gasteiger partial charge on any atom is 0.277 e. The summed E-state index contributed by atoms with van der Waals surface area (Å²) < 4.78 is 0. The van der Waals surface area contributed by atoms with Gasteiger partial charge in [-0.2, -0.15) is 9.90 Å². The lowest BCUT2D eigenvalue weighted by atomic mass is 10.1. The molecule has 6 heteroatoms. The van der Waals surface area contributed by atoms with Gasteiger partial charge in [-0.1, -0.05) is 12.1 Å². The van der Waals surface area contributed by atoms with E-state index in [1.54, 1.807) is 7.05 Å². The molecule has 0 saturated heterocycles. The Morgan fingerprint density at radius 3 is 2.67 bits per heavy atom. The average molecular weight is 265 g/mol. The minimum atomic E-state index is -0.270. The summed E-state index contributed by atoms with van der Waals surface area (Å²) in [6.45, 7) is 0. The number of aromatic nitrogens is 3. The Morgan fingerprint density at radius 1 is 1.39 bits per heavy atom. The largest absolute Gasteiger partial charge is 0.321 e. The monoisotopic (exact) mass is 264 g/mol. The smallest absolute Gasteiger partial charge is 0.277 e. The fourth-order valence-corrected chi connectivity index (χ4v) is 1.73. The van der Waals surface area contributed by atoms with Gasteiger partial charge in [0.2, 0.25) is 0 Å². The van der Waals surface area contributed by atoms with Crippen LogP contribution in [-0.4, -0.2) is 26.8 Å². The van der Waals surface area contributed by atoms with Crippen LogP contribution in [0.4, 0.5) is 5.69 Å². The summed E-state index contributed by atoms with van der Waals surface area (Å²) in [4.78, 5) is 13.1. The van der Waals surface area contributed by atoms with Crippen LogP contribution in [0.1, 0.15) is 16.1 Å². The molecular weight excluding hydrogens is 252 g/mol. The molecule has 0 spiro atoms. The van der Waals surface area contributed by atoms with Gasteiger partial charge in [0.25, 0.3) is 5.91 Å². The summed E-state index contributed by atoms with van der Waals surface area (Å²) in [6.07, 6.45) is 2.25. The van der Waals surface area contributed by atoms with Crippen molar-refractivity contribution in [3.63, 3.8) is 0 Å². The zero-order chi connectivity index (χ0) is 13.0. The summed E-state index contributed by atoms with van der Waals surface area (Å²) in [6, 6.07) is 7.57. The zero-order valence-electron chi connectivity index (χ0n) is 9.93. The molecule has 0 fully saturated rings. The van der Waals surface area contributed by atoms with E-state index in [2.05, 4.69) is 15.5 Å². The van der Waals surface area contributed by atoms with Crippen molar-refractivity contribution in [3.05, 3.63) is 41.7 Å². The third-order valence-corrected chi connectivity index (χ3v) is 2.62. The number of alkyl halides is 1. The highest BCUT2D eigenvalue weighted by Gasteiger charge is 2.09. The van der Waals surface area contributed by atoms with E-state index >= 15 is 0 Å². The standard InChI is InChI=1S/C12H13ClN4O/c1-17-14-8-11(16-17)12(18)15-10-4-2-9(3-5-10)6-7-13/h2-5,8H,6-7H2,1H3,(H,15,18). The lowest BCUT2D eigenvalue weighted by molar-refractivity contribution is 0.102. The van der Waals surface area contributed by atoms with Crippen LogP contribution in [0.25, 0.3) is 0 Å². The first-order valence-electron chi connectivity index (χ1n) is 5.51. The molecule has 0 unspecified atom stereocenters. The number of aryl methyl sites for hydroxylation is 2. The SMILES string of the molecule is Cn1ncc(C(=O)Nc2ccc(CCCl)cc2)n1. The van der Waals surface area contributed by atoms with Gasteiger partial charge in [-0.05, 0) is 24.1 Å². The summed E-state index contributed by atoms with van der Waals surface area (Å²) in [5.41, 5.74) is 2.16. The van der Waals surface area contributed by atoms with Crippen LogP contribution in [0.15, 0.2) is 30.5 Å². The molecule has 5 nitrogen and oxygen atoms in total. The molecule has 1 amide bonds. The predicted molar refractivity (Wildman–Crippen MR) is 69.8 cm³/mol. The minimum Gasteiger partial charge on any atom is -0.321 e. The number of anilines is 1. The normalized spacial score (nSPS) is 10.3. The molecule has 2 rings (SSSR count). The van der Waals surface area contributed by atoms with E-state index < -0.39 is 0 Å². The molecule has 0 bridgehead atoms. The molecule has 0 saturated carbocycles. The van der Waals surface area contributed by atoms with Crippen LogP contribution < -0.4 is 5.32 Å². The van der Waals surface area contributed by atoms with Crippen molar-refractivity contribution in [3.8, 4) is 0 Å². The maximum absolute atomic E-state index is 11.8. The highest BCUT2D eigenvalue weighted by Crippen LogP contribution is 2.11. The van der Waals surface area contributed by atoms with Crippen LogP contribution in [0.3, 0.4) is 0 Å². The highest BCUT2D eigenvalue weighted by atomic mass is 35.5. The fraction of sp³-hybridized carbons (Fsp3) is 0.250. The zero-order valence-corrected chi connectivity index (χ0v) is 10.7. The van der Waals surface area contributed by atoms with E-state index in [-0.39, 0.29) is 5.91 Å². The first-order chi connectivity index (χ1) is 8.69. The second kappa shape index (κ2) is 5.64. The van der Waals surface area contributed by atoms with Gasteiger partial charge in [-0.3, -0.25) is 4.79 Å². The summed E-state index contributed by atoms with van der Waals surface area (Å²) in [5.74, 6) is 0.318. The van der Waals surface area contributed by atoms with Crippen LogP contribution in [0.5, 0.6) is 0 Å². The van der Waals surface area contributed by atoms with E-state index in [0.29, 0.717) is 11.6 Å². The van der Waals surface area contributed by atoms with Gasteiger partial charge >= 0.3 is 0 Å². The topological polar surface area (TPSA) is 59.8 Å². The van der Waals surface area contributed by atoms with Crippen LogP contribution in [0.2, 0.25) is 0 Å². The maximum atomic E-state index is 11.8. The molecule has 0 aliphatic heterocycles. The fourth-order valence-electron chi connectivity index (χ4n) is 1.51. The van der Waals surface area contributed by atoms with Crippen LogP contribution in [0, 0.1) is 0 Å². The van der Waals surface area contributed by atoms with Gasteiger partial charge in [0.1, 0.15) is 0 Å². The lowest BCUT2D eigenvalue weighted by Crippen LogP contribution is -2.13. The number of halogens is 1. The molecule has 18 heavy (non-hydrogen) atoms. The number of hydrogen-bond donors (Lipinski definition) is 1. The average Bonchev–Trinajstić information content (AvgIpc) is 2.79. The van der Waals surface area contributed by atoms with Crippen molar-refractivity contribution in [2.75, 3.05) is 11.2 Å². The number of carbonyl (C=O) groups excluding carboxylic acids is 1. The Kier molecular flexibility index (Phi) is 3.94. The number of benzene rings is 1. The van der Waals surface area contributed by atoms with Gasteiger partial charge < -0.3 is 5.32 Å². The number of amides is 1. The Labute approximate surface area is 110 Å². The Hall–Kier alpha value is -1.88. The first kappa shape index (κ1) is 12.6. The highest BCUT2D eigenvalue weighted by molar-refractivity contribution is 6.18. The van der Waals surface area contributed by atoms with Gasteiger partial charge in [0.15, 0.2) is 5.69 Å². The van der Waals surface area contributed by atoms with Crippen LogP contribution >= 0.6 is 11.6 Å². The lowest BCUT2D eigenvalue weighted by Gasteiger charge is -2.04. The van der Waals surface area contributed by atoms with Crippen molar-refractivity contribution < 1.29 is 4.79 Å². The predicted octanol–water partition coefficient (Wildman–Crippen LogP) is 1.85. The van der Waals surface area contributed by atoms with E-state index in [1.165, 1.54) is 11.0 Å². The van der Waals surface area contributed by atoms with E-state index in [1.807, 2.05) is 24.3 Å². The molecule has 1 N–H and O–H groups in total. The van der Waals surface area contributed by atoms with Gasteiger partial charge in [-0.15, -0.1) is 16.7 Å². The number of rotatable bonds is 4. The number of carbonyl (C=O) groups is 1. The Balaban J connectivity index is 2.03. The van der Waals surface area contributed by atoms with Crippen molar-refractivity contribution in [1.29, 1.82) is 0 Å². The number of nitrogens with one attached hydrogen (secondary N) is 1. The molecule has 94 valence electrons. The molecule has 0 aliphatic carbocycles. The summed E-state index contributed by atoms with van der Waals surface area (Å²) in [5, 5.41) is 10.5. The summed E-state index contributed by atoms with van der Waals surface area (Å²) in [7, 11) is 1.66. The van der Waals surface area contributed by atoms with Crippen molar-refractivity contribution in [1.82, 2.24) is 15.0 Å². The summed E-state index contributed by atoms with van der Waals surface area (Å²) >= 11 is 5.66. The van der Waals surface area contributed by atoms with Crippen LogP contribution in [-0.2, 0) is 13.5 Å². The first-order valence-corrected chi connectivity index (χ1v) is 6.05. The van der Waals surface area contributed by atoms with Gasteiger partial charge in [0.05, 0.1) is 6.20 Å². The molecule has 1 aromatic heterocycles. The number of nitrogens with zero attached hydrogens (tertiary/aromatic N) is 3. The second-order valence-electron chi connectivity index (χ2n) is 3.81. The van der Waals surface area contributed by atoms with Gasteiger partial charge in [-0.25, -0.2) is 0 Å². The number of hydrogen-bond acceptors (Lipinski definition) is 3. The molecule has 0 radical (unpaired) electrons. The molecule has 2 aromatic rings. The molecule has 1 aromatic carbocycles. The van der Waals surface area contributed by atoms with E-state index in [9.17, 15) is 4.79 Å². The van der Waals surface area contributed by atoms with Crippen molar-refractivity contribution >= 4 is 23.2 Å². The third kappa shape index (κ3) is 3.07. The van der Waals surface area contributed by atoms with E-state index in [4.69, 9.17) is 11.6 Å². The third-order valence-electron chi connectivity index (χ3n) is 2.43. The van der Waals surface area contributed by atoms with E-state index in [0.717, 1.165) is 17.7 Å². The molecule has 0 aliphatic rings. The van der Waals surface area contributed by atoms with Crippen molar-refractivity contribution in [2.45, 2.75) is 6.42 Å². The van der Waals surface area contributed by atoms with Crippen molar-refractivity contribution in [2.24, 2.45) is 7.05 Å². The Bertz CT molecular complexity index is 535. The minimum absolute atomic E-state index is 0.270.